The molecule has 0 unspecified atom stereocenters. The summed E-state index contributed by atoms with van der Waals surface area (Å²) >= 11 is 0. The van der Waals surface area contributed by atoms with Crippen molar-refractivity contribution in [1.29, 1.82) is 0 Å². The third kappa shape index (κ3) is 3.17. The number of amides is 1. The Balaban J connectivity index is 1.18. The smallest absolute Gasteiger partial charge is 0.227 e. The molecule has 1 saturated heterocycles. The quantitative estimate of drug-likeness (QED) is 0.433. The van der Waals surface area contributed by atoms with Gasteiger partial charge in [0, 0.05) is 30.0 Å². The number of aromatic amines is 1. The zero-order valence-electron chi connectivity index (χ0n) is 17.2. The molecule has 0 atom stereocenters. The number of hydrogen-bond donors (Lipinski definition) is 1. The lowest BCUT2D eigenvalue weighted by molar-refractivity contribution is -0.131. The van der Waals surface area contributed by atoms with Crippen LogP contribution in [0.1, 0.15) is 30.1 Å². The standard InChI is InChI=1S/C26H23N3O2/c30-24(15-19-16-31-23-10-9-17-5-1-2-6-20(17)25(19)23)29-13-11-18(12-14-29)26-27-21-7-3-4-8-22(21)28-26/h1-10,16,18H,11-15H2,(H,27,28). The van der Waals surface area contributed by atoms with E-state index in [1.807, 2.05) is 41.3 Å². The second kappa shape index (κ2) is 7.27. The Bertz CT molecular complexity index is 1370. The Morgan fingerprint density at radius 3 is 2.71 bits per heavy atom. The maximum absolute atomic E-state index is 13.1. The van der Waals surface area contributed by atoms with Crippen molar-refractivity contribution in [2.45, 2.75) is 25.2 Å². The van der Waals surface area contributed by atoms with Crippen molar-refractivity contribution in [1.82, 2.24) is 14.9 Å². The molecule has 0 spiro atoms. The van der Waals surface area contributed by atoms with Crippen LogP contribution in [0.3, 0.4) is 0 Å². The number of carbonyl (C=O) groups is 1. The van der Waals surface area contributed by atoms with E-state index in [0.717, 1.165) is 70.1 Å². The van der Waals surface area contributed by atoms with E-state index < -0.39 is 0 Å². The van der Waals surface area contributed by atoms with Gasteiger partial charge in [0.2, 0.25) is 5.91 Å². The largest absolute Gasteiger partial charge is 0.464 e. The molecule has 5 nitrogen and oxygen atoms in total. The fourth-order valence-corrected chi connectivity index (χ4v) is 4.85. The van der Waals surface area contributed by atoms with Crippen LogP contribution in [-0.2, 0) is 11.2 Å². The van der Waals surface area contributed by atoms with Crippen LogP contribution in [-0.4, -0.2) is 33.9 Å². The van der Waals surface area contributed by atoms with E-state index in [2.05, 4.69) is 29.2 Å². The van der Waals surface area contributed by atoms with Crippen molar-refractivity contribution < 1.29 is 9.21 Å². The summed E-state index contributed by atoms with van der Waals surface area (Å²) in [6.07, 6.45) is 3.98. The molecule has 0 bridgehead atoms. The number of benzene rings is 3. The summed E-state index contributed by atoms with van der Waals surface area (Å²) < 4.78 is 5.77. The highest BCUT2D eigenvalue weighted by atomic mass is 16.3. The average Bonchev–Trinajstić information content (AvgIpc) is 3.43. The maximum atomic E-state index is 13.1. The normalized spacial score (nSPS) is 15.3. The molecule has 31 heavy (non-hydrogen) atoms. The van der Waals surface area contributed by atoms with Crippen LogP contribution in [0.15, 0.2) is 71.3 Å². The minimum Gasteiger partial charge on any atom is -0.464 e. The van der Waals surface area contributed by atoms with Gasteiger partial charge in [-0.3, -0.25) is 4.79 Å². The van der Waals surface area contributed by atoms with E-state index in [1.165, 1.54) is 0 Å². The molecule has 0 radical (unpaired) electrons. The number of nitrogens with one attached hydrogen (secondary N) is 1. The number of piperidine rings is 1. The zero-order chi connectivity index (χ0) is 20.8. The molecule has 1 amide bonds. The second-order valence-electron chi connectivity index (χ2n) is 8.39. The van der Waals surface area contributed by atoms with Crippen LogP contribution >= 0.6 is 0 Å². The van der Waals surface area contributed by atoms with E-state index >= 15 is 0 Å². The highest BCUT2D eigenvalue weighted by Crippen LogP contribution is 2.31. The highest BCUT2D eigenvalue weighted by molar-refractivity contribution is 6.08. The van der Waals surface area contributed by atoms with Gasteiger partial charge in [0.15, 0.2) is 0 Å². The Kier molecular flexibility index (Phi) is 4.27. The number of rotatable bonds is 3. The maximum Gasteiger partial charge on any atom is 0.227 e. The van der Waals surface area contributed by atoms with Crippen molar-refractivity contribution in [3.63, 3.8) is 0 Å². The molecular formula is C26H23N3O2. The number of furan rings is 1. The fourth-order valence-electron chi connectivity index (χ4n) is 4.85. The minimum atomic E-state index is 0.165. The number of fused-ring (bicyclic) bond motifs is 4. The van der Waals surface area contributed by atoms with Gasteiger partial charge in [0.1, 0.15) is 11.4 Å². The number of nitrogens with zero attached hydrogens (tertiary/aromatic N) is 2. The van der Waals surface area contributed by atoms with E-state index in [4.69, 9.17) is 9.40 Å². The van der Waals surface area contributed by atoms with Crippen molar-refractivity contribution in [2.75, 3.05) is 13.1 Å². The molecule has 1 fully saturated rings. The molecule has 5 aromatic rings. The SMILES string of the molecule is O=C(Cc1coc2ccc3ccccc3c12)N1CCC(c2nc3ccccc3[nH]2)CC1. The Hall–Kier alpha value is -3.60. The van der Waals surface area contributed by atoms with Crippen LogP contribution < -0.4 is 0 Å². The lowest BCUT2D eigenvalue weighted by Crippen LogP contribution is -2.38. The molecule has 2 aromatic heterocycles. The van der Waals surface area contributed by atoms with Gasteiger partial charge in [-0.25, -0.2) is 4.98 Å². The van der Waals surface area contributed by atoms with Crippen molar-refractivity contribution in [2.24, 2.45) is 0 Å². The Labute approximate surface area is 179 Å². The number of H-pyrrole nitrogens is 1. The van der Waals surface area contributed by atoms with Crippen LogP contribution in [0.2, 0.25) is 0 Å². The van der Waals surface area contributed by atoms with Crippen LogP contribution in [0.4, 0.5) is 0 Å². The summed E-state index contributed by atoms with van der Waals surface area (Å²) in [6.45, 7) is 1.52. The average molecular weight is 409 g/mol. The van der Waals surface area contributed by atoms with Crippen molar-refractivity contribution in [3.05, 3.63) is 78.3 Å². The predicted molar refractivity (Wildman–Crippen MR) is 122 cm³/mol. The summed E-state index contributed by atoms with van der Waals surface area (Å²) in [6, 6.07) is 20.4. The van der Waals surface area contributed by atoms with Gasteiger partial charge in [0.25, 0.3) is 0 Å². The topological polar surface area (TPSA) is 62.1 Å². The van der Waals surface area contributed by atoms with Crippen molar-refractivity contribution >= 4 is 38.7 Å². The number of carbonyl (C=O) groups excluding carboxylic acids is 1. The Morgan fingerprint density at radius 1 is 1.03 bits per heavy atom. The van der Waals surface area contributed by atoms with Gasteiger partial charge >= 0.3 is 0 Å². The molecule has 154 valence electrons. The third-order valence-electron chi connectivity index (χ3n) is 6.52. The molecule has 1 aliphatic heterocycles. The van der Waals surface area contributed by atoms with E-state index in [1.54, 1.807) is 6.26 Å². The zero-order valence-corrected chi connectivity index (χ0v) is 17.2. The van der Waals surface area contributed by atoms with Gasteiger partial charge < -0.3 is 14.3 Å². The molecule has 0 aliphatic carbocycles. The summed E-state index contributed by atoms with van der Waals surface area (Å²) in [5.74, 6) is 1.58. The molecule has 3 aromatic carbocycles. The van der Waals surface area contributed by atoms with Gasteiger partial charge in [-0.05, 0) is 41.8 Å². The first-order valence-electron chi connectivity index (χ1n) is 10.9. The first-order chi connectivity index (χ1) is 15.3. The van der Waals surface area contributed by atoms with E-state index in [-0.39, 0.29) is 5.91 Å². The fraction of sp³-hybridized carbons (Fsp3) is 0.231. The van der Waals surface area contributed by atoms with E-state index in [0.29, 0.717) is 12.3 Å². The molecule has 5 heteroatoms. The summed E-state index contributed by atoms with van der Waals surface area (Å²) in [5, 5.41) is 3.36. The van der Waals surface area contributed by atoms with Crippen LogP contribution in [0.5, 0.6) is 0 Å². The van der Waals surface area contributed by atoms with E-state index in [9.17, 15) is 4.79 Å². The lowest BCUT2D eigenvalue weighted by atomic mass is 9.95. The number of likely N-dealkylation sites (tertiary alicyclic amines) is 1. The predicted octanol–water partition coefficient (Wildman–Crippen LogP) is 5.41. The summed E-state index contributed by atoms with van der Waals surface area (Å²) in [5.41, 5.74) is 3.89. The molecular weight excluding hydrogens is 386 g/mol. The number of hydrogen-bond acceptors (Lipinski definition) is 3. The second-order valence-corrected chi connectivity index (χ2v) is 8.39. The van der Waals surface area contributed by atoms with Gasteiger partial charge in [0.05, 0.1) is 23.7 Å². The first kappa shape index (κ1) is 18.2. The van der Waals surface area contributed by atoms with Crippen LogP contribution in [0, 0.1) is 0 Å². The van der Waals surface area contributed by atoms with Gasteiger partial charge in [-0.15, -0.1) is 0 Å². The van der Waals surface area contributed by atoms with Gasteiger partial charge in [-0.2, -0.15) is 0 Å². The molecule has 1 aliphatic rings. The number of imidazole rings is 1. The monoisotopic (exact) mass is 409 g/mol. The summed E-state index contributed by atoms with van der Waals surface area (Å²) in [4.78, 5) is 23.3. The summed E-state index contributed by atoms with van der Waals surface area (Å²) in [7, 11) is 0. The van der Waals surface area contributed by atoms with Crippen molar-refractivity contribution in [3.8, 4) is 0 Å². The first-order valence-corrected chi connectivity index (χ1v) is 10.9. The molecule has 6 rings (SSSR count). The number of para-hydroxylation sites is 2. The molecule has 3 heterocycles. The highest BCUT2D eigenvalue weighted by Gasteiger charge is 2.26. The molecule has 1 N–H and O–H groups in total. The van der Waals surface area contributed by atoms with Crippen LogP contribution in [0.25, 0.3) is 32.8 Å². The third-order valence-corrected chi connectivity index (χ3v) is 6.52. The minimum absolute atomic E-state index is 0.165. The van der Waals surface area contributed by atoms with Gasteiger partial charge in [-0.1, -0.05) is 42.5 Å². The number of aromatic nitrogens is 2. The lowest BCUT2D eigenvalue weighted by Gasteiger charge is -2.31. The molecule has 0 saturated carbocycles. The Morgan fingerprint density at radius 2 is 1.84 bits per heavy atom.